The highest BCUT2D eigenvalue weighted by Crippen LogP contribution is 2.21. The number of carbonyl (C=O) groups excluding carboxylic acids is 2. The van der Waals surface area contributed by atoms with Gasteiger partial charge in [-0.1, -0.05) is 11.6 Å². The van der Waals surface area contributed by atoms with E-state index in [2.05, 4.69) is 14.8 Å². The first-order valence-corrected chi connectivity index (χ1v) is 5.79. The highest BCUT2D eigenvalue weighted by molar-refractivity contribution is 6.33. The van der Waals surface area contributed by atoms with Crippen molar-refractivity contribution in [3.8, 4) is 0 Å². The molecule has 0 aliphatic heterocycles. The van der Waals surface area contributed by atoms with Crippen molar-refractivity contribution in [2.75, 3.05) is 25.6 Å². The van der Waals surface area contributed by atoms with Gasteiger partial charge in [-0.05, 0) is 18.2 Å². The van der Waals surface area contributed by atoms with Crippen LogP contribution in [0.3, 0.4) is 0 Å². The molecule has 0 atom stereocenters. The lowest BCUT2D eigenvalue weighted by molar-refractivity contribution is -0.143. The van der Waals surface area contributed by atoms with Crippen molar-refractivity contribution in [1.29, 1.82) is 0 Å². The van der Waals surface area contributed by atoms with E-state index in [9.17, 15) is 14.4 Å². The molecular weight excluding hydrogens is 290 g/mol. The topological polar surface area (TPSA) is 102 Å². The fourth-order valence-corrected chi connectivity index (χ4v) is 1.49. The molecule has 20 heavy (non-hydrogen) atoms. The Kier molecular flexibility index (Phi) is 5.95. The van der Waals surface area contributed by atoms with Gasteiger partial charge < -0.3 is 19.9 Å². The van der Waals surface area contributed by atoms with Crippen molar-refractivity contribution in [2.24, 2.45) is 0 Å². The molecule has 0 spiro atoms. The van der Waals surface area contributed by atoms with E-state index >= 15 is 0 Å². The molecule has 1 amide bonds. The highest BCUT2D eigenvalue weighted by Gasteiger charge is 2.12. The number of hydrogen-bond donors (Lipinski definition) is 2. The Morgan fingerprint density at radius 3 is 2.60 bits per heavy atom. The van der Waals surface area contributed by atoms with Gasteiger partial charge in [-0.25, -0.2) is 9.59 Å². The monoisotopic (exact) mass is 301 g/mol. The molecule has 2 N–H and O–H groups in total. The van der Waals surface area contributed by atoms with Gasteiger partial charge in [0.1, 0.15) is 13.2 Å². The Morgan fingerprint density at radius 1 is 1.30 bits per heavy atom. The summed E-state index contributed by atoms with van der Waals surface area (Å²) in [5, 5.41) is 11.0. The van der Waals surface area contributed by atoms with Crippen LogP contribution in [0.2, 0.25) is 5.02 Å². The normalized spacial score (nSPS) is 9.90. The number of ether oxygens (including phenoxy) is 2. The lowest BCUT2D eigenvalue weighted by Gasteiger charge is -2.08. The summed E-state index contributed by atoms with van der Waals surface area (Å²) < 4.78 is 9.16. The quantitative estimate of drug-likeness (QED) is 0.765. The molecule has 8 heteroatoms. The number of benzene rings is 1. The molecule has 0 radical (unpaired) electrons. The van der Waals surface area contributed by atoms with Crippen molar-refractivity contribution in [3.05, 3.63) is 28.8 Å². The molecule has 1 aromatic rings. The number of carbonyl (C=O) groups is 3. The SMILES string of the molecule is COC(=O)c1cc(NC(=O)COCC(=O)O)ccc1Cl. The van der Waals surface area contributed by atoms with Crippen LogP contribution >= 0.6 is 11.6 Å². The minimum absolute atomic E-state index is 0.110. The maximum atomic E-state index is 11.5. The zero-order chi connectivity index (χ0) is 15.1. The van der Waals surface area contributed by atoms with Gasteiger partial charge in [-0.2, -0.15) is 0 Å². The zero-order valence-corrected chi connectivity index (χ0v) is 11.3. The number of halogens is 1. The van der Waals surface area contributed by atoms with Gasteiger partial charge in [0.05, 0.1) is 17.7 Å². The first-order valence-electron chi connectivity index (χ1n) is 5.41. The van der Waals surface area contributed by atoms with Crippen molar-refractivity contribution in [2.45, 2.75) is 0 Å². The number of carboxylic acids is 1. The van der Waals surface area contributed by atoms with Crippen LogP contribution in [0.4, 0.5) is 5.69 Å². The van der Waals surface area contributed by atoms with E-state index in [0.717, 1.165) is 0 Å². The number of rotatable bonds is 6. The molecule has 1 rings (SSSR count). The fourth-order valence-electron chi connectivity index (χ4n) is 1.30. The summed E-state index contributed by atoms with van der Waals surface area (Å²) in [6.07, 6.45) is 0. The third-order valence-electron chi connectivity index (χ3n) is 2.11. The van der Waals surface area contributed by atoms with Crippen LogP contribution in [0.15, 0.2) is 18.2 Å². The molecular formula is C12H12ClNO6. The molecule has 108 valence electrons. The number of anilines is 1. The largest absolute Gasteiger partial charge is 0.480 e. The second kappa shape index (κ2) is 7.46. The molecule has 1 aromatic carbocycles. The second-order valence-electron chi connectivity index (χ2n) is 3.62. The van der Waals surface area contributed by atoms with Crippen molar-refractivity contribution in [3.63, 3.8) is 0 Å². The third-order valence-corrected chi connectivity index (χ3v) is 2.44. The maximum absolute atomic E-state index is 11.5. The molecule has 0 unspecified atom stereocenters. The van der Waals surface area contributed by atoms with E-state index in [-0.39, 0.29) is 10.6 Å². The minimum atomic E-state index is -1.17. The van der Waals surface area contributed by atoms with Crippen LogP contribution in [0.25, 0.3) is 0 Å². The smallest absolute Gasteiger partial charge is 0.339 e. The minimum Gasteiger partial charge on any atom is -0.480 e. The molecule has 0 fully saturated rings. The first kappa shape index (κ1) is 15.9. The van der Waals surface area contributed by atoms with E-state index in [0.29, 0.717) is 5.69 Å². The average molecular weight is 302 g/mol. The maximum Gasteiger partial charge on any atom is 0.339 e. The molecule has 0 heterocycles. The van der Waals surface area contributed by atoms with Gasteiger partial charge >= 0.3 is 11.9 Å². The predicted molar refractivity (Wildman–Crippen MR) is 69.9 cm³/mol. The zero-order valence-electron chi connectivity index (χ0n) is 10.5. The Bertz CT molecular complexity index is 531. The van der Waals surface area contributed by atoms with E-state index in [1.165, 1.54) is 25.3 Å². The van der Waals surface area contributed by atoms with Crippen molar-refractivity contribution in [1.82, 2.24) is 0 Å². The Hall–Kier alpha value is -2.12. The number of esters is 1. The predicted octanol–water partition coefficient (Wildman–Crippen LogP) is 1.17. The second-order valence-corrected chi connectivity index (χ2v) is 4.03. The molecule has 0 aromatic heterocycles. The van der Waals surface area contributed by atoms with E-state index in [1.807, 2.05) is 0 Å². The summed E-state index contributed by atoms with van der Waals surface area (Å²) in [7, 11) is 1.21. The van der Waals surface area contributed by atoms with Gasteiger partial charge in [0, 0.05) is 5.69 Å². The van der Waals surface area contributed by atoms with Gasteiger partial charge in [0.25, 0.3) is 0 Å². The number of carboxylic acid groups (broad SMARTS) is 1. The molecule has 7 nitrogen and oxygen atoms in total. The van der Waals surface area contributed by atoms with Crippen LogP contribution < -0.4 is 5.32 Å². The molecule has 0 aliphatic rings. The van der Waals surface area contributed by atoms with E-state index in [4.69, 9.17) is 16.7 Å². The Labute approximate surface area is 119 Å². The lowest BCUT2D eigenvalue weighted by Crippen LogP contribution is -2.20. The first-order chi connectivity index (χ1) is 9.43. The molecule has 0 saturated heterocycles. The fraction of sp³-hybridized carbons (Fsp3) is 0.250. The third kappa shape index (κ3) is 4.87. The number of hydrogen-bond acceptors (Lipinski definition) is 5. The summed E-state index contributed by atoms with van der Waals surface area (Å²) in [5.74, 6) is -2.35. The summed E-state index contributed by atoms with van der Waals surface area (Å²) in [6, 6.07) is 4.27. The van der Waals surface area contributed by atoms with Crippen LogP contribution in [0.1, 0.15) is 10.4 Å². The van der Waals surface area contributed by atoms with Crippen molar-refractivity contribution < 1.29 is 29.0 Å². The Balaban J connectivity index is 2.66. The summed E-state index contributed by atoms with van der Waals surface area (Å²) in [4.78, 5) is 33.1. The number of aliphatic carboxylic acids is 1. The van der Waals surface area contributed by atoms with Crippen LogP contribution in [0.5, 0.6) is 0 Å². The summed E-state index contributed by atoms with van der Waals surface area (Å²) >= 11 is 5.82. The van der Waals surface area contributed by atoms with Gasteiger partial charge in [-0.3, -0.25) is 4.79 Å². The van der Waals surface area contributed by atoms with E-state index in [1.54, 1.807) is 0 Å². The molecule has 0 bridgehead atoms. The average Bonchev–Trinajstić information content (AvgIpc) is 2.39. The van der Waals surface area contributed by atoms with E-state index < -0.39 is 31.1 Å². The Morgan fingerprint density at radius 2 is 2.00 bits per heavy atom. The number of amides is 1. The van der Waals surface area contributed by atoms with Gasteiger partial charge in [0.15, 0.2) is 0 Å². The number of methoxy groups -OCH3 is 1. The van der Waals surface area contributed by atoms with Crippen LogP contribution in [0, 0.1) is 0 Å². The standard InChI is InChI=1S/C12H12ClNO6/c1-19-12(18)8-4-7(2-3-9(8)13)14-10(15)5-20-6-11(16)17/h2-4H,5-6H2,1H3,(H,14,15)(H,16,17). The molecule has 0 saturated carbocycles. The van der Waals surface area contributed by atoms with Crippen molar-refractivity contribution >= 4 is 35.1 Å². The lowest BCUT2D eigenvalue weighted by atomic mass is 10.2. The van der Waals surface area contributed by atoms with Gasteiger partial charge in [0.2, 0.25) is 5.91 Å². The summed E-state index contributed by atoms with van der Waals surface area (Å²) in [5.41, 5.74) is 0.428. The summed E-state index contributed by atoms with van der Waals surface area (Å²) in [6.45, 7) is -0.982. The molecule has 0 aliphatic carbocycles. The highest BCUT2D eigenvalue weighted by atomic mass is 35.5. The van der Waals surface area contributed by atoms with Crippen LogP contribution in [-0.4, -0.2) is 43.3 Å². The van der Waals surface area contributed by atoms with Crippen LogP contribution in [-0.2, 0) is 19.1 Å². The number of nitrogens with one attached hydrogen (secondary N) is 1. The van der Waals surface area contributed by atoms with Gasteiger partial charge in [-0.15, -0.1) is 0 Å².